The molecule has 3 N–H and O–H groups in total. The van der Waals surface area contributed by atoms with Crippen LogP contribution < -0.4 is 11.1 Å². The van der Waals surface area contributed by atoms with Crippen molar-refractivity contribution in [3.05, 3.63) is 12.0 Å². The number of ether oxygens (including phenoxy) is 1. The average Bonchev–Trinajstić information content (AvgIpc) is 2.20. The van der Waals surface area contributed by atoms with Crippen LogP contribution in [0.25, 0.3) is 0 Å². The molecule has 0 aromatic carbocycles. The molecule has 0 aliphatic carbocycles. The lowest BCUT2D eigenvalue weighted by atomic mass is 10.2. The van der Waals surface area contributed by atoms with Crippen molar-refractivity contribution in [2.24, 2.45) is 5.92 Å². The first-order valence-electron chi connectivity index (χ1n) is 4.64. The zero-order valence-electron chi connectivity index (χ0n) is 8.83. The number of methoxy groups -OCH3 is 1. The number of nitrogens with zero attached hydrogens (tertiary/aromatic N) is 2. The fourth-order valence-corrected chi connectivity index (χ4v) is 1.12. The molecule has 1 aromatic rings. The van der Waals surface area contributed by atoms with Crippen LogP contribution in [0.4, 0.5) is 16.2 Å². The van der Waals surface area contributed by atoms with E-state index in [1.54, 1.807) is 7.11 Å². The number of hydrogen-bond donors (Lipinski definition) is 2. The van der Waals surface area contributed by atoms with Crippen molar-refractivity contribution in [3.8, 4) is 0 Å². The summed E-state index contributed by atoms with van der Waals surface area (Å²) >= 11 is 0. The largest absolute Gasteiger partial charge is 0.384 e. The van der Waals surface area contributed by atoms with Gasteiger partial charge in [0.1, 0.15) is 0 Å². The molecule has 84 valence electrons. The van der Waals surface area contributed by atoms with E-state index in [4.69, 9.17) is 10.5 Å². The van der Waals surface area contributed by atoms with Crippen LogP contribution in [0.1, 0.15) is 6.92 Å². The zero-order valence-corrected chi connectivity index (χ0v) is 8.83. The lowest BCUT2D eigenvalue weighted by Crippen LogP contribution is -2.17. The van der Waals surface area contributed by atoms with Crippen LogP contribution in [0.2, 0.25) is 0 Å². The first-order chi connectivity index (χ1) is 7.13. The molecular formula is C9H15FN4O. The van der Waals surface area contributed by atoms with Crippen molar-refractivity contribution in [3.63, 3.8) is 0 Å². The molecule has 15 heavy (non-hydrogen) atoms. The van der Waals surface area contributed by atoms with Gasteiger partial charge in [0.05, 0.1) is 12.8 Å². The van der Waals surface area contributed by atoms with Crippen LogP contribution >= 0.6 is 0 Å². The first kappa shape index (κ1) is 11.6. The monoisotopic (exact) mass is 214 g/mol. The number of nitrogen functional groups attached to an aromatic ring is 1. The minimum atomic E-state index is -0.506. The maximum absolute atomic E-state index is 13.1. The number of halogens is 1. The zero-order chi connectivity index (χ0) is 11.3. The van der Waals surface area contributed by atoms with Crippen molar-refractivity contribution in [1.29, 1.82) is 0 Å². The standard InChI is InChI=1S/C9H15FN4O/c1-6(5-15-2)3-12-8-7(10)4-13-9(11)14-8/h4,6H,3,5H2,1-2H3,(H3,11,12,13,14). The molecule has 1 rings (SSSR count). The molecule has 0 aliphatic heterocycles. The van der Waals surface area contributed by atoms with E-state index in [1.807, 2.05) is 6.92 Å². The summed E-state index contributed by atoms with van der Waals surface area (Å²) in [6.07, 6.45) is 1.05. The molecule has 0 saturated carbocycles. The van der Waals surface area contributed by atoms with Crippen molar-refractivity contribution in [2.45, 2.75) is 6.92 Å². The third kappa shape index (κ3) is 3.67. The smallest absolute Gasteiger partial charge is 0.222 e. The minimum Gasteiger partial charge on any atom is -0.384 e. The molecule has 1 unspecified atom stereocenters. The molecule has 0 fully saturated rings. The summed E-state index contributed by atoms with van der Waals surface area (Å²) in [5, 5.41) is 2.85. The lowest BCUT2D eigenvalue weighted by Gasteiger charge is -2.12. The quantitative estimate of drug-likeness (QED) is 0.761. The van der Waals surface area contributed by atoms with E-state index in [9.17, 15) is 4.39 Å². The van der Waals surface area contributed by atoms with Crippen LogP contribution in [-0.2, 0) is 4.74 Å². The van der Waals surface area contributed by atoms with Gasteiger partial charge in [0, 0.05) is 13.7 Å². The van der Waals surface area contributed by atoms with E-state index >= 15 is 0 Å². The Hall–Kier alpha value is -1.43. The Labute approximate surface area is 87.9 Å². The van der Waals surface area contributed by atoms with E-state index in [1.165, 1.54) is 0 Å². The number of nitrogens with two attached hydrogens (primary N) is 1. The van der Waals surface area contributed by atoms with E-state index in [2.05, 4.69) is 15.3 Å². The normalized spacial score (nSPS) is 12.5. The molecule has 0 saturated heterocycles. The first-order valence-corrected chi connectivity index (χ1v) is 4.64. The third-order valence-corrected chi connectivity index (χ3v) is 1.83. The second kappa shape index (κ2) is 5.45. The Morgan fingerprint density at radius 2 is 2.40 bits per heavy atom. The van der Waals surface area contributed by atoms with Crippen LogP contribution in [0.15, 0.2) is 6.20 Å². The second-order valence-electron chi connectivity index (χ2n) is 3.37. The number of aromatic nitrogens is 2. The van der Waals surface area contributed by atoms with Gasteiger partial charge in [0.2, 0.25) is 5.95 Å². The Kier molecular flexibility index (Phi) is 4.23. The Morgan fingerprint density at radius 3 is 3.07 bits per heavy atom. The number of anilines is 2. The van der Waals surface area contributed by atoms with Crippen molar-refractivity contribution < 1.29 is 9.13 Å². The number of nitrogens with one attached hydrogen (secondary N) is 1. The molecule has 0 bridgehead atoms. The predicted molar refractivity (Wildman–Crippen MR) is 55.9 cm³/mol. The van der Waals surface area contributed by atoms with Gasteiger partial charge in [0.15, 0.2) is 11.6 Å². The molecule has 0 spiro atoms. The van der Waals surface area contributed by atoms with E-state index in [-0.39, 0.29) is 17.7 Å². The highest BCUT2D eigenvalue weighted by Gasteiger charge is 2.07. The summed E-state index contributed by atoms with van der Waals surface area (Å²) in [5.74, 6) is -0.0526. The van der Waals surface area contributed by atoms with E-state index in [0.29, 0.717) is 13.2 Å². The predicted octanol–water partition coefficient (Wildman–Crippen LogP) is 0.892. The SMILES string of the molecule is COCC(C)CNc1nc(N)ncc1F. The van der Waals surface area contributed by atoms with Crippen LogP contribution in [-0.4, -0.2) is 30.2 Å². The Bertz CT molecular complexity index is 321. The van der Waals surface area contributed by atoms with Gasteiger partial charge in [-0.1, -0.05) is 6.92 Å². The van der Waals surface area contributed by atoms with E-state index < -0.39 is 5.82 Å². The highest BCUT2D eigenvalue weighted by molar-refractivity contribution is 5.38. The van der Waals surface area contributed by atoms with Crippen LogP contribution in [0.5, 0.6) is 0 Å². The number of rotatable bonds is 5. The highest BCUT2D eigenvalue weighted by atomic mass is 19.1. The van der Waals surface area contributed by atoms with Crippen LogP contribution in [0.3, 0.4) is 0 Å². The van der Waals surface area contributed by atoms with E-state index in [0.717, 1.165) is 6.20 Å². The molecule has 0 radical (unpaired) electrons. The van der Waals surface area contributed by atoms with Gasteiger partial charge >= 0.3 is 0 Å². The fourth-order valence-electron chi connectivity index (χ4n) is 1.12. The van der Waals surface area contributed by atoms with Gasteiger partial charge in [-0.25, -0.2) is 9.37 Å². The summed E-state index contributed by atoms with van der Waals surface area (Å²) in [6.45, 7) is 3.16. The Morgan fingerprint density at radius 1 is 1.67 bits per heavy atom. The molecule has 5 nitrogen and oxygen atoms in total. The third-order valence-electron chi connectivity index (χ3n) is 1.83. The summed E-state index contributed by atoms with van der Waals surface area (Å²) in [7, 11) is 1.62. The lowest BCUT2D eigenvalue weighted by molar-refractivity contribution is 0.164. The van der Waals surface area contributed by atoms with Gasteiger partial charge in [-0.15, -0.1) is 0 Å². The summed E-state index contributed by atoms with van der Waals surface area (Å²) in [5.41, 5.74) is 5.34. The molecule has 1 aromatic heterocycles. The summed E-state index contributed by atoms with van der Waals surface area (Å²) < 4.78 is 18.1. The van der Waals surface area contributed by atoms with Gasteiger partial charge in [-0.3, -0.25) is 0 Å². The summed E-state index contributed by atoms with van der Waals surface area (Å²) in [6, 6.07) is 0. The van der Waals surface area contributed by atoms with Crippen molar-refractivity contribution in [1.82, 2.24) is 9.97 Å². The van der Waals surface area contributed by atoms with Gasteiger partial charge in [-0.2, -0.15) is 4.98 Å². The highest BCUT2D eigenvalue weighted by Crippen LogP contribution is 2.10. The molecule has 0 aliphatic rings. The average molecular weight is 214 g/mol. The molecule has 1 heterocycles. The molecule has 6 heteroatoms. The van der Waals surface area contributed by atoms with Gasteiger partial charge in [0.25, 0.3) is 0 Å². The Balaban J connectivity index is 2.53. The maximum atomic E-state index is 13.1. The van der Waals surface area contributed by atoms with Crippen molar-refractivity contribution >= 4 is 11.8 Å². The molecular weight excluding hydrogens is 199 g/mol. The minimum absolute atomic E-state index is 0.0540. The van der Waals surface area contributed by atoms with Gasteiger partial charge < -0.3 is 15.8 Å². The second-order valence-corrected chi connectivity index (χ2v) is 3.37. The number of hydrogen-bond acceptors (Lipinski definition) is 5. The van der Waals surface area contributed by atoms with Crippen molar-refractivity contribution in [2.75, 3.05) is 31.3 Å². The topological polar surface area (TPSA) is 73.1 Å². The maximum Gasteiger partial charge on any atom is 0.222 e. The van der Waals surface area contributed by atoms with Crippen LogP contribution in [0, 0.1) is 11.7 Å². The van der Waals surface area contributed by atoms with Gasteiger partial charge in [-0.05, 0) is 5.92 Å². The molecule has 0 amide bonds. The summed E-state index contributed by atoms with van der Waals surface area (Å²) in [4.78, 5) is 7.27. The molecule has 1 atom stereocenters. The fraction of sp³-hybridized carbons (Fsp3) is 0.556.